The monoisotopic (exact) mass is 258 g/mol. The average Bonchev–Trinajstić information content (AvgIpc) is 2.42. The van der Waals surface area contributed by atoms with Crippen molar-refractivity contribution in [1.82, 2.24) is 10.3 Å². The third-order valence-corrected chi connectivity index (χ3v) is 2.72. The molecule has 1 aromatic carbocycles. The van der Waals surface area contributed by atoms with Crippen molar-refractivity contribution < 1.29 is 14.7 Å². The summed E-state index contributed by atoms with van der Waals surface area (Å²) in [6.45, 7) is 0.392. The number of benzene rings is 1. The van der Waals surface area contributed by atoms with Crippen molar-refractivity contribution in [2.45, 2.75) is 19.4 Å². The summed E-state index contributed by atoms with van der Waals surface area (Å²) in [5.74, 6) is -1.22. The SMILES string of the molecule is O=C(O)CCC(=O)NCc1ccc2ncccc2c1. The van der Waals surface area contributed by atoms with Gasteiger partial charge in [-0.2, -0.15) is 0 Å². The number of aromatic nitrogens is 1. The molecule has 5 nitrogen and oxygen atoms in total. The Morgan fingerprint density at radius 2 is 2.05 bits per heavy atom. The Morgan fingerprint density at radius 1 is 1.21 bits per heavy atom. The van der Waals surface area contributed by atoms with Gasteiger partial charge in [-0.25, -0.2) is 0 Å². The number of nitrogens with zero attached hydrogens (tertiary/aromatic N) is 1. The Bertz CT molecular complexity index is 610. The number of carbonyl (C=O) groups excluding carboxylic acids is 1. The number of hydrogen-bond acceptors (Lipinski definition) is 3. The number of carboxylic acid groups (broad SMARTS) is 1. The van der Waals surface area contributed by atoms with E-state index in [1.807, 2.05) is 30.3 Å². The third-order valence-electron chi connectivity index (χ3n) is 2.72. The predicted molar refractivity (Wildman–Crippen MR) is 70.5 cm³/mol. The van der Waals surface area contributed by atoms with Gasteiger partial charge in [0.2, 0.25) is 5.91 Å². The van der Waals surface area contributed by atoms with E-state index in [-0.39, 0.29) is 18.7 Å². The largest absolute Gasteiger partial charge is 0.481 e. The van der Waals surface area contributed by atoms with Crippen LogP contribution in [0.25, 0.3) is 10.9 Å². The first-order chi connectivity index (χ1) is 9.15. The van der Waals surface area contributed by atoms with Gasteiger partial charge in [-0.3, -0.25) is 14.6 Å². The normalized spacial score (nSPS) is 10.3. The fourth-order valence-electron chi connectivity index (χ4n) is 1.74. The lowest BCUT2D eigenvalue weighted by molar-refractivity contribution is -0.138. The minimum Gasteiger partial charge on any atom is -0.481 e. The van der Waals surface area contributed by atoms with Crippen molar-refractivity contribution in [3.8, 4) is 0 Å². The molecule has 0 aliphatic carbocycles. The molecule has 0 spiro atoms. The van der Waals surface area contributed by atoms with Crippen LogP contribution in [-0.4, -0.2) is 22.0 Å². The first-order valence-corrected chi connectivity index (χ1v) is 5.97. The van der Waals surface area contributed by atoms with Crippen LogP contribution in [0.2, 0.25) is 0 Å². The quantitative estimate of drug-likeness (QED) is 0.855. The number of fused-ring (bicyclic) bond motifs is 1. The summed E-state index contributed by atoms with van der Waals surface area (Å²) in [6, 6.07) is 9.57. The molecule has 0 bridgehead atoms. The molecule has 1 aromatic heterocycles. The van der Waals surface area contributed by atoms with Crippen LogP contribution in [0, 0.1) is 0 Å². The summed E-state index contributed by atoms with van der Waals surface area (Å²) in [4.78, 5) is 25.9. The van der Waals surface area contributed by atoms with Gasteiger partial charge in [0.05, 0.1) is 11.9 Å². The number of rotatable bonds is 5. The van der Waals surface area contributed by atoms with Gasteiger partial charge < -0.3 is 10.4 Å². The maximum absolute atomic E-state index is 11.4. The second-order valence-corrected chi connectivity index (χ2v) is 4.20. The standard InChI is InChI=1S/C14H14N2O3/c17-13(5-6-14(18)19)16-9-10-3-4-12-11(8-10)2-1-7-15-12/h1-4,7-8H,5-6,9H2,(H,16,17)(H,18,19). The van der Waals surface area contributed by atoms with Crippen molar-refractivity contribution in [3.05, 3.63) is 42.1 Å². The maximum atomic E-state index is 11.4. The summed E-state index contributed by atoms with van der Waals surface area (Å²) in [6.07, 6.45) is 1.59. The van der Waals surface area contributed by atoms with Gasteiger partial charge in [-0.05, 0) is 23.8 Å². The molecule has 5 heteroatoms. The fraction of sp³-hybridized carbons (Fsp3) is 0.214. The van der Waals surface area contributed by atoms with E-state index >= 15 is 0 Å². The predicted octanol–water partition coefficient (Wildman–Crippen LogP) is 1.72. The number of amides is 1. The second-order valence-electron chi connectivity index (χ2n) is 4.20. The zero-order valence-corrected chi connectivity index (χ0v) is 10.3. The molecule has 0 aliphatic heterocycles. The molecule has 19 heavy (non-hydrogen) atoms. The molecule has 1 heterocycles. The fourth-order valence-corrected chi connectivity index (χ4v) is 1.74. The van der Waals surface area contributed by atoms with Crippen LogP contribution in [0.15, 0.2) is 36.5 Å². The summed E-state index contributed by atoms with van der Waals surface area (Å²) in [5, 5.41) is 12.2. The highest BCUT2D eigenvalue weighted by atomic mass is 16.4. The van der Waals surface area contributed by atoms with Gasteiger partial charge in [0.25, 0.3) is 0 Å². The Hall–Kier alpha value is -2.43. The lowest BCUT2D eigenvalue weighted by atomic mass is 10.1. The molecule has 0 radical (unpaired) electrons. The lowest BCUT2D eigenvalue weighted by Gasteiger charge is -2.05. The van der Waals surface area contributed by atoms with E-state index in [0.717, 1.165) is 16.5 Å². The number of hydrogen-bond donors (Lipinski definition) is 2. The summed E-state index contributed by atoms with van der Waals surface area (Å²) in [5.41, 5.74) is 1.87. The lowest BCUT2D eigenvalue weighted by Crippen LogP contribution is -2.23. The number of nitrogens with one attached hydrogen (secondary N) is 1. The van der Waals surface area contributed by atoms with Crippen LogP contribution in [0.5, 0.6) is 0 Å². The van der Waals surface area contributed by atoms with E-state index in [1.54, 1.807) is 6.20 Å². The Labute approximate surface area is 110 Å². The molecular weight excluding hydrogens is 244 g/mol. The van der Waals surface area contributed by atoms with Gasteiger partial charge in [0.15, 0.2) is 0 Å². The molecule has 0 fully saturated rings. The van der Waals surface area contributed by atoms with Gasteiger partial charge >= 0.3 is 5.97 Å². The van der Waals surface area contributed by atoms with Gasteiger partial charge in [-0.1, -0.05) is 12.1 Å². The van der Waals surface area contributed by atoms with E-state index < -0.39 is 5.97 Å². The number of aliphatic carboxylic acids is 1. The summed E-state index contributed by atoms with van der Waals surface area (Å²) in [7, 11) is 0. The molecule has 1 amide bonds. The van der Waals surface area contributed by atoms with Crippen LogP contribution in [0.1, 0.15) is 18.4 Å². The maximum Gasteiger partial charge on any atom is 0.303 e. The van der Waals surface area contributed by atoms with Gasteiger partial charge in [0, 0.05) is 24.5 Å². The zero-order chi connectivity index (χ0) is 13.7. The zero-order valence-electron chi connectivity index (χ0n) is 10.3. The van der Waals surface area contributed by atoms with Crippen molar-refractivity contribution in [2.75, 3.05) is 0 Å². The molecule has 98 valence electrons. The van der Waals surface area contributed by atoms with Gasteiger partial charge in [0.1, 0.15) is 0 Å². The summed E-state index contributed by atoms with van der Waals surface area (Å²) < 4.78 is 0. The van der Waals surface area contributed by atoms with Crippen LogP contribution in [-0.2, 0) is 16.1 Å². The van der Waals surface area contributed by atoms with Crippen LogP contribution in [0.3, 0.4) is 0 Å². The smallest absolute Gasteiger partial charge is 0.303 e. The highest BCUT2D eigenvalue weighted by Gasteiger charge is 2.05. The number of pyridine rings is 1. The van der Waals surface area contributed by atoms with Crippen molar-refractivity contribution >= 4 is 22.8 Å². The van der Waals surface area contributed by atoms with E-state index in [0.29, 0.717) is 6.54 Å². The van der Waals surface area contributed by atoms with E-state index in [4.69, 9.17) is 5.11 Å². The van der Waals surface area contributed by atoms with E-state index in [2.05, 4.69) is 10.3 Å². The molecule has 2 rings (SSSR count). The van der Waals surface area contributed by atoms with Crippen molar-refractivity contribution in [1.29, 1.82) is 0 Å². The van der Waals surface area contributed by atoms with Crippen molar-refractivity contribution in [3.63, 3.8) is 0 Å². The second kappa shape index (κ2) is 5.95. The van der Waals surface area contributed by atoms with Crippen LogP contribution in [0.4, 0.5) is 0 Å². The molecular formula is C14H14N2O3. The van der Waals surface area contributed by atoms with Crippen LogP contribution >= 0.6 is 0 Å². The number of carboxylic acids is 1. The molecule has 0 atom stereocenters. The first-order valence-electron chi connectivity index (χ1n) is 5.97. The summed E-state index contributed by atoms with van der Waals surface area (Å²) >= 11 is 0. The third kappa shape index (κ3) is 3.77. The average molecular weight is 258 g/mol. The molecule has 0 saturated heterocycles. The Morgan fingerprint density at radius 3 is 2.84 bits per heavy atom. The van der Waals surface area contributed by atoms with E-state index in [1.165, 1.54) is 0 Å². The molecule has 2 N–H and O–H groups in total. The minimum atomic E-state index is -0.966. The first kappa shape index (κ1) is 13.0. The highest BCUT2D eigenvalue weighted by Crippen LogP contribution is 2.13. The van der Waals surface area contributed by atoms with Gasteiger partial charge in [-0.15, -0.1) is 0 Å². The Kier molecular flexibility index (Phi) is 4.07. The molecule has 0 saturated carbocycles. The van der Waals surface area contributed by atoms with E-state index in [9.17, 15) is 9.59 Å². The minimum absolute atomic E-state index is 0.00443. The highest BCUT2D eigenvalue weighted by molar-refractivity contribution is 5.81. The number of carbonyl (C=O) groups is 2. The van der Waals surface area contributed by atoms with Crippen molar-refractivity contribution in [2.24, 2.45) is 0 Å². The molecule has 0 aliphatic rings. The van der Waals surface area contributed by atoms with Crippen LogP contribution < -0.4 is 5.32 Å². The molecule has 0 unspecified atom stereocenters. The molecule has 2 aromatic rings. The topological polar surface area (TPSA) is 79.3 Å². The Balaban J connectivity index is 1.94.